The van der Waals surface area contributed by atoms with Crippen molar-refractivity contribution in [3.8, 4) is 23.5 Å². The Morgan fingerprint density at radius 3 is 1.92 bits per heavy atom. The Morgan fingerprint density at radius 1 is 0.500 bits per heavy atom. The van der Waals surface area contributed by atoms with Gasteiger partial charge in [0.2, 0.25) is 0 Å². The predicted octanol–water partition coefficient (Wildman–Crippen LogP) is 6.79. The third kappa shape index (κ3) is 2.11. The highest BCUT2D eigenvalue weighted by molar-refractivity contribution is 6.21. The van der Waals surface area contributed by atoms with Crippen molar-refractivity contribution >= 4 is 32.3 Å². The van der Waals surface area contributed by atoms with Crippen LogP contribution < -0.4 is 0 Å². The summed E-state index contributed by atoms with van der Waals surface area (Å²) in [7, 11) is 0. The van der Waals surface area contributed by atoms with Crippen LogP contribution in [0.1, 0.15) is 5.56 Å². The molecule has 0 nitrogen and oxygen atoms in total. The van der Waals surface area contributed by atoms with Gasteiger partial charge in [-0.2, -0.15) is 0 Å². The molecule has 0 bridgehead atoms. The van der Waals surface area contributed by atoms with E-state index in [0.29, 0.717) is 0 Å². The molecule has 0 saturated heterocycles. The quantitative estimate of drug-likeness (QED) is 0.235. The SMILES string of the molecule is C#Cc1cccc2c1ccc1c3ccccc3c(-c3ccccc3)cc21. The maximum atomic E-state index is 5.72. The van der Waals surface area contributed by atoms with E-state index >= 15 is 0 Å². The van der Waals surface area contributed by atoms with Gasteiger partial charge in [0.1, 0.15) is 0 Å². The molecule has 0 amide bonds. The van der Waals surface area contributed by atoms with Crippen molar-refractivity contribution in [1.29, 1.82) is 0 Å². The Kier molecular flexibility index (Phi) is 3.27. The largest absolute Gasteiger partial charge is 0.115 e. The normalized spacial score (nSPS) is 11.0. The molecule has 26 heavy (non-hydrogen) atoms. The molecule has 0 unspecified atom stereocenters. The number of hydrogen-bond donors (Lipinski definition) is 0. The first kappa shape index (κ1) is 14.8. The van der Waals surface area contributed by atoms with Gasteiger partial charge in [-0.1, -0.05) is 84.8 Å². The van der Waals surface area contributed by atoms with Crippen molar-refractivity contribution in [3.63, 3.8) is 0 Å². The first-order chi connectivity index (χ1) is 12.9. The van der Waals surface area contributed by atoms with Crippen molar-refractivity contribution in [2.24, 2.45) is 0 Å². The lowest BCUT2D eigenvalue weighted by atomic mass is 9.90. The van der Waals surface area contributed by atoms with Crippen molar-refractivity contribution in [3.05, 3.63) is 96.6 Å². The minimum Gasteiger partial charge on any atom is -0.115 e. The molecule has 0 aliphatic rings. The molecule has 0 atom stereocenters. The van der Waals surface area contributed by atoms with Gasteiger partial charge in [-0.15, -0.1) is 6.42 Å². The lowest BCUT2D eigenvalue weighted by molar-refractivity contribution is 1.67. The molecule has 0 radical (unpaired) electrons. The summed E-state index contributed by atoms with van der Waals surface area (Å²) >= 11 is 0. The van der Waals surface area contributed by atoms with E-state index in [4.69, 9.17) is 6.42 Å². The summed E-state index contributed by atoms with van der Waals surface area (Å²) in [6.07, 6.45) is 5.72. The van der Waals surface area contributed by atoms with Crippen LogP contribution >= 0.6 is 0 Å². The van der Waals surface area contributed by atoms with Crippen molar-refractivity contribution in [1.82, 2.24) is 0 Å². The molecule has 120 valence electrons. The molecule has 0 heteroatoms. The van der Waals surface area contributed by atoms with Crippen LogP contribution in [0.4, 0.5) is 0 Å². The molecule has 5 rings (SSSR count). The van der Waals surface area contributed by atoms with E-state index in [1.54, 1.807) is 0 Å². The van der Waals surface area contributed by atoms with Gasteiger partial charge >= 0.3 is 0 Å². The first-order valence-corrected chi connectivity index (χ1v) is 8.76. The first-order valence-electron chi connectivity index (χ1n) is 8.76. The van der Waals surface area contributed by atoms with Crippen LogP contribution in [-0.2, 0) is 0 Å². The fourth-order valence-electron chi connectivity index (χ4n) is 3.93. The molecule has 0 aliphatic heterocycles. The smallest absolute Gasteiger partial charge is 0.0321 e. The second kappa shape index (κ2) is 5.76. The topological polar surface area (TPSA) is 0 Å². The molecular formula is C26H16. The van der Waals surface area contributed by atoms with Crippen molar-refractivity contribution in [2.45, 2.75) is 0 Å². The average Bonchev–Trinajstić information content (AvgIpc) is 2.73. The Bertz CT molecular complexity index is 1320. The minimum absolute atomic E-state index is 0.943. The van der Waals surface area contributed by atoms with Crippen LogP contribution in [0.3, 0.4) is 0 Å². The van der Waals surface area contributed by atoms with E-state index in [2.05, 4.69) is 84.8 Å². The number of hydrogen-bond acceptors (Lipinski definition) is 0. The Morgan fingerprint density at radius 2 is 1.12 bits per heavy atom. The minimum atomic E-state index is 0.943. The van der Waals surface area contributed by atoms with Gasteiger partial charge < -0.3 is 0 Å². The molecule has 5 aromatic carbocycles. The number of terminal acetylenes is 1. The standard InChI is InChI=1S/C26H16/c1-2-18-11-8-14-21-20(18)15-16-24-22-12-6-7-13-23(22)25(17-26(21)24)19-9-4-3-5-10-19/h1,3-17H. The fraction of sp³-hybridized carbons (Fsp3) is 0. The van der Waals surface area contributed by atoms with Gasteiger partial charge in [0.25, 0.3) is 0 Å². The van der Waals surface area contributed by atoms with Gasteiger partial charge in [0, 0.05) is 5.56 Å². The van der Waals surface area contributed by atoms with Gasteiger partial charge in [-0.05, 0) is 55.6 Å². The van der Waals surface area contributed by atoms with Gasteiger partial charge in [-0.3, -0.25) is 0 Å². The van der Waals surface area contributed by atoms with Crippen molar-refractivity contribution < 1.29 is 0 Å². The molecule has 0 spiro atoms. The van der Waals surface area contributed by atoms with E-state index in [9.17, 15) is 0 Å². The van der Waals surface area contributed by atoms with Crippen LogP contribution in [-0.4, -0.2) is 0 Å². The lowest BCUT2D eigenvalue weighted by Gasteiger charge is -2.13. The monoisotopic (exact) mass is 328 g/mol. The van der Waals surface area contributed by atoms with E-state index in [1.165, 1.54) is 38.1 Å². The van der Waals surface area contributed by atoms with Gasteiger partial charge in [0.05, 0.1) is 0 Å². The summed E-state index contributed by atoms with van der Waals surface area (Å²) in [5, 5.41) is 7.41. The lowest BCUT2D eigenvalue weighted by Crippen LogP contribution is -1.87. The van der Waals surface area contributed by atoms with E-state index < -0.39 is 0 Å². The van der Waals surface area contributed by atoms with Crippen LogP contribution in [0.2, 0.25) is 0 Å². The maximum Gasteiger partial charge on any atom is 0.0321 e. The molecule has 0 heterocycles. The molecule has 0 aromatic heterocycles. The zero-order valence-corrected chi connectivity index (χ0v) is 14.2. The highest BCUT2D eigenvalue weighted by atomic mass is 14.1. The number of benzene rings is 5. The zero-order valence-electron chi connectivity index (χ0n) is 14.2. The fourth-order valence-corrected chi connectivity index (χ4v) is 3.93. The van der Waals surface area contributed by atoms with Crippen molar-refractivity contribution in [2.75, 3.05) is 0 Å². The number of rotatable bonds is 1. The van der Waals surface area contributed by atoms with Crippen LogP contribution in [0.5, 0.6) is 0 Å². The highest BCUT2D eigenvalue weighted by Gasteiger charge is 2.11. The summed E-state index contributed by atoms with van der Waals surface area (Å²) < 4.78 is 0. The average molecular weight is 328 g/mol. The van der Waals surface area contributed by atoms with Crippen LogP contribution in [0, 0.1) is 12.3 Å². The Labute approximate surface area is 152 Å². The van der Waals surface area contributed by atoms with E-state index in [1.807, 2.05) is 12.1 Å². The van der Waals surface area contributed by atoms with Gasteiger partial charge in [0.15, 0.2) is 0 Å². The highest BCUT2D eigenvalue weighted by Crippen LogP contribution is 2.38. The third-order valence-electron chi connectivity index (χ3n) is 5.14. The van der Waals surface area contributed by atoms with Crippen LogP contribution in [0.15, 0.2) is 91.0 Å². The van der Waals surface area contributed by atoms with E-state index in [0.717, 1.165) is 10.9 Å². The molecule has 0 fully saturated rings. The van der Waals surface area contributed by atoms with Gasteiger partial charge in [-0.25, -0.2) is 0 Å². The summed E-state index contributed by atoms with van der Waals surface area (Å²) in [4.78, 5) is 0. The Hall–Kier alpha value is -3.56. The van der Waals surface area contributed by atoms with E-state index in [-0.39, 0.29) is 0 Å². The molecular weight excluding hydrogens is 312 g/mol. The second-order valence-electron chi connectivity index (χ2n) is 6.54. The molecule has 5 aromatic rings. The summed E-state index contributed by atoms with van der Waals surface area (Å²) in [6.45, 7) is 0. The maximum absolute atomic E-state index is 5.72. The molecule has 0 saturated carbocycles. The van der Waals surface area contributed by atoms with Crippen LogP contribution in [0.25, 0.3) is 43.4 Å². The number of fused-ring (bicyclic) bond motifs is 5. The predicted molar refractivity (Wildman–Crippen MR) is 112 cm³/mol. The molecule has 0 aliphatic carbocycles. The summed E-state index contributed by atoms with van der Waals surface area (Å²) in [5.41, 5.74) is 3.43. The summed E-state index contributed by atoms with van der Waals surface area (Å²) in [5.74, 6) is 2.82. The second-order valence-corrected chi connectivity index (χ2v) is 6.54. The zero-order chi connectivity index (χ0) is 17.5. The summed E-state index contributed by atoms with van der Waals surface area (Å²) in [6, 6.07) is 32.1. The molecule has 0 N–H and O–H groups in total. The Balaban J connectivity index is 2.02. The third-order valence-corrected chi connectivity index (χ3v) is 5.14.